The van der Waals surface area contributed by atoms with Crippen LogP contribution in [-0.4, -0.2) is 11.9 Å². The lowest BCUT2D eigenvalue weighted by atomic mass is 9.55. The van der Waals surface area contributed by atoms with Gasteiger partial charge in [0.2, 0.25) is 5.91 Å². The predicted molar refractivity (Wildman–Crippen MR) is 47.6 cm³/mol. The summed E-state index contributed by atoms with van der Waals surface area (Å²) in [5, 5.41) is 3.09. The van der Waals surface area contributed by atoms with Crippen LogP contribution in [-0.2, 0) is 4.79 Å². The van der Waals surface area contributed by atoms with Crippen LogP contribution in [0.1, 0.15) is 33.6 Å². The molecule has 1 N–H and O–H groups in total. The maximum Gasteiger partial charge on any atom is 0.220 e. The molecule has 68 valence electrons. The Morgan fingerprint density at radius 1 is 1.50 bits per heavy atom. The van der Waals surface area contributed by atoms with Gasteiger partial charge in [-0.1, -0.05) is 20.8 Å². The second kappa shape index (κ2) is 2.24. The van der Waals surface area contributed by atoms with Crippen LogP contribution in [0, 0.1) is 17.3 Å². The van der Waals surface area contributed by atoms with E-state index in [4.69, 9.17) is 0 Å². The summed E-state index contributed by atoms with van der Waals surface area (Å²) in [5.74, 6) is 1.57. The fourth-order valence-electron chi connectivity index (χ4n) is 2.86. The molecule has 0 aromatic carbocycles. The van der Waals surface area contributed by atoms with Crippen LogP contribution in [0.15, 0.2) is 0 Å². The van der Waals surface area contributed by atoms with Gasteiger partial charge in [-0.15, -0.1) is 0 Å². The summed E-state index contributed by atoms with van der Waals surface area (Å²) >= 11 is 0. The minimum atomic E-state index is 0.251. The van der Waals surface area contributed by atoms with E-state index in [1.165, 1.54) is 6.42 Å². The summed E-state index contributed by atoms with van der Waals surface area (Å²) in [6, 6.07) is 0.444. The van der Waals surface area contributed by atoms with Crippen molar-refractivity contribution in [1.29, 1.82) is 0 Å². The highest BCUT2D eigenvalue weighted by Gasteiger charge is 2.52. The smallest absolute Gasteiger partial charge is 0.220 e. The van der Waals surface area contributed by atoms with E-state index in [0.717, 1.165) is 12.3 Å². The molecular formula is C10H17NO. The third-order valence-electron chi connectivity index (χ3n) is 3.87. The lowest BCUT2D eigenvalue weighted by molar-refractivity contribution is -0.122. The van der Waals surface area contributed by atoms with E-state index >= 15 is 0 Å². The summed E-state index contributed by atoms with van der Waals surface area (Å²) in [7, 11) is 0. The molecule has 3 atom stereocenters. The summed E-state index contributed by atoms with van der Waals surface area (Å²) < 4.78 is 0. The van der Waals surface area contributed by atoms with Crippen molar-refractivity contribution in [3.05, 3.63) is 0 Å². The molecule has 3 aliphatic rings. The Bertz CT molecular complexity index is 222. The molecule has 0 spiro atoms. The zero-order chi connectivity index (χ0) is 8.93. The van der Waals surface area contributed by atoms with Crippen LogP contribution in [0.2, 0.25) is 0 Å². The van der Waals surface area contributed by atoms with Crippen LogP contribution in [0.25, 0.3) is 0 Å². The molecule has 2 bridgehead atoms. The Balaban J connectivity index is 2.23. The van der Waals surface area contributed by atoms with Crippen molar-refractivity contribution >= 4 is 5.91 Å². The van der Waals surface area contributed by atoms with Crippen LogP contribution < -0.4 is 5.32 Å². The van der Waals surface area contributed by atoms with Crippen LogP contribution in [0.3, 0.4) is 0 Å². The molecule has 3 fully saturated rings. The van der Waals surface area contributed by atoms with Gasteiger partial charge in [-0.25, -0.2) is 0 Å². The molecule has 0 aromatic heterocycles. The fraction of sp³-hybridized carbons (Fsp3) is 0.900. The Hall–Kier alpha value is -0.530. The first-order valence-corrected chi connectivity index (χ1v) is 4.81. The van der Waals surface area contributed by atoms with Gasteiger partial charge in [-0.3, -0.25) is 4.79 Å². The van der Waals surface area contributed by atoms with Gasteiger partial charge in [-0.2, -0.15) is 0 Å². The molecule has 3 rings (SSSR count). The normalized spacial score (nSPS) is 44.2. The Morgan fingerprint density at radius 3 is 2.75 bits per heavy atom. The second-order valence-electron chi connectivity index (χ2n) is 4.97. The predicted octanol–water partition coefficient (Wildman–Crippen LogP) is 1.56. The first-order valence-electron chi connectivity index (χ1n) is 4.81. The maximum absolute atomic E-state index is 11.3. The van der Waals surface area contributed by atoms with E-state index in [9.17, 15) is 4.79 Å². The van der Waals surface area contributed by atoms with E-state index < -0.39 is 0 Å². The van der Waals surface area contributed by atoms with Crippen LogP contribution in [0.4, 0.5) is 0 Å². The number of rotatable bonds is 0. The molecule has 0 radical (unpaired) electrons. The van der Waals surface area contributed by atoms with Gasteiger partial charge in [0.05, 0.1) is 0 Å². The lowest BCUT2D eigenvalue weighted by Crippen LogP contribution is -2.56. The van der Waals surface area contributed by atoms with Crippen LogP contribution >= 0.6 is 0 Å². The van der Waals surface area contributed by atoms with Crippen molar-refractivity contribution in [2.45, 2.75) is 39.7 Å². The monoisotopic (exact) mass is 167 g/mol. The minimum Gasteiger partial charge on any atom is -0.353 e. The standard InChI is InChI=1S/C10H17NO/c1-6-4-9(12)11-8-5-7(6)10(8,2)3/h6-8H,4-5H2,1-3H3,(H,11,12)/t6-,7+,8+/m0/s1. The van der Waals surface area contributed by atoms with Crippen molar-refractivity contribution in [1.82, 2.24) is 5.32 Å². The number of carbonyl (C=O) groups is 1. The highest BCUT2D eigenvalue weighted by Crippen LogP contribution is 2.52. The summed E-state index contributed by atoms with van der Waals surface area (Å²) in [5.41, 5.74) is 0.339. The molecule has 2 heteroatoms. The van der Waals surface area contributed by atoms with Crippen molar-refractivity contribution in [2.24, 2.45) is 17.3 Å². The van der Waals surface area contributed by atoms with Crippen molar-refractivity contribution < 1.29 is 4.79 Å². The highest BCUT2D eigenvalue weighted by molar-refractivity contribution is 5.77. The number of hydrogen-bond acceptors (Lipinski definition) is 1. The molecule has 0 unspecified atom stereocenters. The zero-order valence-corrected chi connectivity index (χ0v) is 8.05. The van der Waals surface area contributed by atoms with Gasteiger partial charge in [0.15, 0.2) is 0 Å². The summed E-state index contributed by atoms with van der Waals surface area (Å²) in [6.07, 6.45) is 1.92. The van der Waals surface area contributed by atoms with Gasteiger partial charge in [0, 0.05) is 12.5 Å². The largest absolute Gasteiger partial charge is 0.353 e. The van der Waals surface area contributed by atoms with E-state index in [1.54, 1.807) is 0 Å². The maximum atomic E-state index is 11.3. The Kier molecular flexibility index (Phi) is 1.51. The first kappa shape index (κ1) is 8.09. The fourth-order valence-corrected chi connectivity index (χ4v) is 2.86. The second-order valence-corrected chi connectivity index (χ2v) is 4.97. The molecular weight excluding hydrogens is 150 g/mol. The van der Waals surface area contributed by atoms with Gasteiger partial charge in [-0.05, 0) is 23.7 Å². The van der Waals surface area contributed by atoms with E-state index in [-0.39, 0.29) is 5.91 Å². The molecule has 0 aromatic rings. The molecule has 12 heavy (non-hydrogen) atoms. The molecule has 1 aliphatic carbocycles. The third-order valence-corrected chi connectivity index (χ3v) is 3.87. The number of nitrogens with one attached hydrogen (secondary N) is 1. The number of fused-ring (bicyclic) bond motifs is 3. The van der Waals surface area contributed by atoms with E-state index in [2.05, 4.69) is 26.1 Å². The van der Waals surface area contributed by atoms with Crippen molar-refractivity contribution in [3.63, 3.8) is 0 Å². The molecule has 2 saturated heterocycles. The van der Waals surface area contributed by atoms with Gasteiger partial charge in [0.1, 0.15) is 0 Å². The van der Waals surface area contributed by atoms with Gasteiger partial charge in [0.25, 0.3) is 0 Å². The average Bonchev–Trinajstić information content (AvgIpc) is 2.14. The first-order chi connectivity index (χ1) is 5.51. The third kappa shape index (κ3) is 0.900. The van der Waals surface area contributed by atoms with E-state index in [1.807, 2.05) is 0 Å². The minimum absolute atomic E-state index is 0.251. The average molecular weight is 167 g/mol. The molecule has 1 amide bonds. The number of amides is 1. The van der Waals surface area contributed by atoms with Gasteiger partial charge >= 0.3 is 0 Å². The number of hydrogen-bond donors (Lipinski definition) is 1. The zero-order valence-electron chi connectivity index (χ0n) is 8.05. The highest BCUT2D eigenvalue weighted by atomic mass is 16.1. The van der Waals surface area contributed by atoms with Crippen molar-refractivity contribution in [2.75, 3.05) is 0 Å². The van der Waals surface area contributed by atoms with Crippen molar-refractivity contribution in [3.8, 4) is 0 Å². The molecule has 2 heterocycles. The van der Waals surface area contributed by atoms with Gasteiger partial charge < -0.3 is 5.32 Å². The van der Waals surface area contributed by atoms with E-state index in [0.29, 0.717) is 17.4 Å². The lowest BCUT2D eigenvalue weighted by Gasteiger charge is -2.52. The Morgan fingerprint density at radius 2 is 2.17 bits per heavy atom. The number of carbonyl (C=O) groups excluding carboxylic acids is 1. The SMILES string of the molecule is C[C@H]1CC(=O)N[C@@H]2C[C@H]1C2(C)C. The Labute approximate surface area is 73.7 Å². The topological polar surface area (TPSA) is 29.1 Å². The summed E-state index contributed by atoms with van der Waals surface area (Å²) in [4.78, 5) is 11.3. The molecule has 2 aliphatic heterocycles. The molecule has 1 saturated carbocycles. The molecule has 2 nitrogen and oxygen atoms in total. The van der Waals surface area contributed by atoms with Crippen LogP contribution in [0.5, 0.6) is 0 Å². The summed E-state index contributed by atoms with van der Waals surface area (Å²) in [6.45, 7) is 6.75. The quantitative estimate of drug-likeness (QED) is 0.583.